The van der Waals surface area contributed by atoms with E-state index in [1.165, 1.54) is 0 Å². The van der Waals surface area contributed by atoms with E-state index in [0.29, 0.717) is 13.0 Å². The zero-order chi connectivity index (χ0) is 18.0. The molecule has 0 aromatic heterocycles. The van der Waals surface area contributed by atoms with E-state index in [-0.39, 0.29) is 12.5 Å². The van der Waals surface area contributed by atoms with Gasteiger partial charge in [-0.1, -0.05) is 78.9 Å². The molecule has 0 bridgehead atoms. The molecule has 3 aromatic carbocycles. The lowest BCUT2D eigenvalue weighted by molar-refractivity contribution is -0.124. The predicted molar refractivity (Wildman–Crippen MR) is 103 cm³/mol. The van der Waals surface area contributed by atoms with Crippen molar-refractivity contribution in [2.45, 2.75) is 18.4 Å². The molecule has 1 aliphatic rings. The van der Waals surface area contributed by atoms with Gasteiger partial charge in [-0.15, -0.1) is 0 Å². The number of hydrogen-bond donors (Lipinski definition) is 1. The van der Waals surface area contributed by atoms with Crippen molar-refractivity contribution in [3.63, 3.8) is 0 Å². The highest BCUT2D eigenvalue weighted by molar-refractivity contribution is 6.08. The molecule has 1 atom stereocenters. The van der Waals surface area contributed by atoms with Gasteiger partial charge in [0, 0.05) is 5.69 Å². The lowest BCUT2D eigenvalue weighted by Gasteiger charge is -2.27. The molecule has 0 saturated heterocycles. The summed E-state index contributed by atoms with van der Waals surface area (Å²) < 4.78 is 0. The Hall–Kier alpha value is -2.91. The molecule has 0 aliphatic carbocycles. The lowest BCUT2D eigenvalue weighted by Crippen LogP contribution is -2.44. The summed E-state index contributed by atoms with van der Waals surface area (Å²) in [4.78, 5) is 15.3. The minimum atomic E-state index is -0.924. The quantitative estimate of drug-likeness (QED) is 0.767. The maximum Gasteiger partial charge on any atom is 0.240 e. The van der Waals surface area contributed by atoms with Crippen molar-refractivity contribution in [2.75, 3.05) is 11.5 Å². The minimum Gasteiger partial charge on any atom is -0.395 e. The van der Waals surface area contributed by atoms with Gasteiger partial charge in [0.2, 0.25) is 5.91 Å². The number of rotatable bonds is 5. The Kier molecular flexibility index (Phi) is 4.31. The summed E-state index contributed by atoms with van der Waals surface area (Å²) in [6, 6.07) is 27.7. The summed E-state index contributed by atoms with van der Waals surface area (Å²) >= 11 is 0. The van der Waals surface area contributed by atoms with Gasteiger partial charge < -0.3 is 10.0 Å². The number of aliphatic hydroxyl groups excluding tert-OH is 1. The summed E-state index contributed by atoms with van der Waals surface area (Å²) in [5, 5.41) is 10.3. The van der Waals surface area contributed by atoms with Crippen LogP contribution < -0.4 is 4.90 Å². The van der Waals surface area contributed by atoms with E-state index < -0.39 is 5.41 Å². The molecule has 0 spiro atoms. The molecule has 0 saturated carbocycles. The van der Waals surface area contributed by atoms with E-state index in [1.54, 1.807) is 0 Å². The van der Waals surface area contributed by atoms with E-state index >= 15 is 0 Å². The molecule has 1 aliphatic heterocycles. The van der Waals surface area contributed by atoms with Gasteiger partial charge in [-0.3, -0.25) is 4.79 Å². The first kappa shape index (κ1) is 16.6. The smallest absolute Gasteiger partial charge is 0.240 e. The molecule has 26 heavy (non-hydrogen) atoms. The molecular weight excluding hydrogens is 322 g/mol. The van der Waals surface area contributed by atoms with E-state index in [0.717, 1.165) is 22.4 Å². The second kappa shape index (κ2) is 6.77. The zero-order valence-electron chi connectivity index (χ0n) is 14.5. The van der Waals surface area contributed by atoms with Crippen molar-refractivity contribution < 1.29 is 9.90 Å². The second-order valence-electron chi connectivity index (χ2n) is 6.80. The van der Waals surface area contributed by atoms with Crippen molar-refractivity contribution in [2.24, 2.45) is 0 Å². The molecule has 3 aromatic rings. The molecule has 0 fully saturated rings. The van der Waals surface area contributed by atoms with Crippen LogP contribution in [-0.4, -0.2) is 17.6 Å². The van der Waals surface area contributed by atoms with E-state index in [4.69, 9.17) is 0 Å². The lowest BCUT2D eigenvalue weighted by atomic mass is 9.77. The topological polar surface area (TPSA) is 40.5 Å². The van der Waals surface area contributed by atoms with Gasteiger partial charge in [-0.05, 0) is 29.2 Å². The van der Waals surface area contributed by atoms with Gasteiger partial charge in [0.15, 0.2) is 0 Å². The first-order valence-electron chi connectivity index (χ1n) is 8.85. The van der Waals surface area contributed by atoms with Crippen LogP contribution in [-0.2, 0) is 23.2 Å². The number of aliphatic hydroxyl groups is 1. The third-order valence-corrected chi connectivity index (χ3v) is 5.17. The van der Waals surface area contributed by atoms with Gasteiger partial charge in [0.05, 0.1) is 13.2 Å². The Labute approximate surface area is 153 Å². The molecule has 4 rings (SSSR count). The fourth-order valence-corrected chi connectivity index (χ4v) is 3.84. The first-order valence-corrected chi connectivity index (χ1v) is 8.85. The van der Waals surface area contributed by atoms with Crippen LogP contribution in [0.25, 0.3) is 0 Å². The zero-order valence-corrected chi connectivity index (χ0v) is 14.5. The van der Waals surface area contributed by atoms with Gasteiger partial charge >= 0.3 is 0 Å². The maximum atomic E-state index is 13.5. The highest BCUT2D eigenvalue weighted by atomic mass is 16.3. The van der Waals surface area contributed by atoms with E-state index in [9.17, 15) is 9.90 Å². The number of nitrogens with zero attached hydrogens (tertiary/aromatic N) is 1. The van der Waals surface area contributed by atoms with Crippen LogP contribution in [0, 0.1) is 0 Å². The van der Waals surface area contributed by atoms with Crippen LogP contribution in [0.3, 0.4) is 0 Å². The Morgan fingerprint density at radius 2 is 1.35 bits per heavy atom. The van der Waals surface area contributed by atoms with Gasteiger partial charge in [-0.25, -0.2) is 0 Å². The Morgan fingerprint density at radius 3 is 2.00 bits per heavy atom. The molecule has 0 radical (unpaired) electrons. The highest BCUT2D eigenvalue weighted by Crippen LogP contribution is 2.44. The summed E-state index contributed by atoms with van der Waals surface area (Å²) in [6.07, 6.45) is 0.492. The number of para-hydroxylation sites is 1. The van der Waals surface area contributed by atoms with Crippen molar-refractivity contribution in [1.82, 2.24) is 0 Å². The van der Waals surface area contributed by atoms with Crippen LogP contribution in [0.15, 0.2) is 84.9 Å². The van der Waals surface area contributed by atoms with Crippen molar-refractivity contribution in [3.8, 4) is 0 Å². The van der Waals surface area contributed by atoms with Crippen LogP contribution in [0.4, 0.5) is 5.69 Å². The molecule has 1 amide bonds. The first-order chi connectivity index (χ1) is 12.7. The van der Waals surface area contributed by atoms with Crippen molar-refractivity contribution in [3.05, 3.63) is 102 Å². The van der Waals surface area contributed by atoms with E-state index in [1.807, 2.05) is 89.8 Å². The molecule has 3 heteroatoms. The number of anilines is 1. The molecule has 1 N–H and O–H groups in total. The molecule has 1 heterocycles. The molecule has 0 unspecified atom stereocenters. The normalized spacial score (nSPS) is 18.8. The number of amides is 1. The van der Waals surface area contributed by atoms with Crippen LogP contribution >= 0.6 is 0 Å². The summed E-state index contributed by atoms with van der Waals surface area (Å²) in [5.74, 6) is -0.0334. The SMILES string of the molecule is O=C1N(Cc2ccccc2)c2ccccc2[C@]1(CO)Cc1ccccc1. The summed E-state index contributed by atoms with van der Waals surface area (Å²) in [5.41, 5.74) is 3.00. The highest BCUT2D eigenvalue weighted by Gasteiger charge is 2.50. The predicted octanol–water partition coefficient (Wildman–Crippen LogP) is 3.71. The van der Waals surface area contributed by atoms with Crippen LogP contribution in [0.5, 0.6) is 0 Å². The average Bonchev–Trinajstić information content (AvgIpc) is 2.93. The molecular formula is C23H21NO2. The Bertz CT molecular complexity index is 908. The van der Waals surface area contributed by atoms with Gasteiger partial charge in [0.25, 0.3) is 0 Å². The summed E-state index contributed by atoms with van der Waals surface area (Å²) in [7, 11) is 0. The molecule has 130 valence electrons. The fraction of sp³-hybridized carbons (Fsp3) is 0.174. The molecule has 3 nitrogen and oxygen atoms in total. The van der Waals surface area contributed by atoms with Crippen molar-refractivity contribution >= 4 is 11.6 Å². The average molecular weight is 343 g/mol. The van der Waals surface area contributed by atoms with Crippen LogP contribution in [0.1, 0.15) is 16.7 Å². The third-order valence-electron chi connectivity index (χ3n) is 5.17. The number of hydrogen-bond acceptors (Lipinski definition) is 2. The number of fused-ring (bicyclic) bond motifs is 1. The number of carbonyl (C=O) groups is 1. The van der Waals surface area contributed by atoms with E-state index in [2.05, 4.69) is 0 Å². The van der Waals surface area contributed by atoms with Gasteiger partial charge in [0.1, 0.15) is 5.41 Å². The second-order valence-corrected chi connectivity index (χ2v) is 6.80. The van der Waals surface area contributed by atoms with Gasteiger partial charge in [-0.2, -0.15) is 0 Å². The maximum absolute atomic E-state index is 13.5. The van der Waals surface area contributed by atoms with Crippen LogP contribution in [0.2, 0.25) is 0 Å². The number of carbonyl (C=O) groups excluding carboxylic acids is 1. The third kappa shape index (κ3) is 2.71. The fourth-order valence-electron chi connectivity index (χ4n) is 3.84. The monoisotopic (exact) mass is 343 g/mol. The largest absolute Gasteiger partial charge is 0.395 e. The Balaban J connectivity index is 1.77. The van der Waals surface area contributed by atoms with Crippen molar-refractivity contribution in [1.29, 1.82) is 0 Å². The summed E-state index contributed by atoms with van der Waals surface area (Å²) in [6.45, 7) is 0.302. The number of benzene rings is 3. The minimum absolute atomic E-state index is 0.0334. The Morgan fingerprint density at radius 1 is 0.769 bits per heavy atom. The standard InChI is InChI=1S/C23H21NO2/c25-17-23(15-18-9-3-1-4-10-18)20-13-7-8-14-21(20)24(22(23)26)16-19-11-5-2-6-12-19/h1-14,25H,15-17H2/t23-/m1/s1.